The second kappa shape index (κ2) is 6.29. The lowest BCUT2D eigenvalue weighted by Crippen LogP contribution is -2.08. The highest BCUT2D eigenvalue weighted by molar-refractivity contribution is 7.84. The van der Waals surface area contributed by atoms with Crippen LogP contribution in [-0.2, 0) is 10.8 Å². The molecule has 1 unspecified atom stereocenters. The number of nitrogens with one attached hydrogen (secondary N) is 1. The van der Waals surface area contributed by atoms with Gasteiger partial charge in [-0.3, -0.25) is 4.21 Å². The number of hydrogen-bond donors (Lipinski definition) is 1. The lowest BCUT2D eigenvalue weighted by molar-refractivity contribution is 0.685. The number of benzene rings is 1. The maximum atomic E-state index is 10.9. The molecule has 1 atom stereocenters. The molecule has 4 heteroatoms. The maximum Gasteiger partial charge on any atom is 0.101 e. The highest BCUT2D eigenvalue weighted by Gasteiger charge is 2.03. The molecule has 0 amide bonds. The van der Waals surface area contributed by atoms with E-state index in [1.165, 1.54) is 0 Å². The van der Waals surface area contributed by atoms with Crippen LogP contribution < -0.4 is 5.32 Å². The standard InChI is InChI=1S/C12H16N2OS/c1-10-5-3-6-11(9-13)12(10)14-7-4-8-16(2)15/h3,5-6,14H,4,7-8H2,1-2H3. The predicted octanol–water partition coefficient (Wildman–Crippen LogP) is 2.05. The van der Waals surface area contributed by atoms with Gasteiger partial charge in [-0.1, -0.05) is 12.1 Å². The summed E-state index contributed by atoms with van der Waals surface area (Å²) in [6, 6.07) is 7.81. The number of hydrogen-bond acceptors (Lipinski definition) is 3. The number of rotatable bonds is 5. The summed E-state index contributed by atoms with van der Waals surface area (Å²) in [5, 5.41) is 12.2. The molecule has 0 radical (unpaired) electrons. The summed E-state index contributed by atoms with van der Waals surface area (Å²) in [7, 11) is -0.741. The third-order valence-electron chi connectivity index (χ3n) is 2.30. The molecule has 16 heavy (non-hydrogen) atoms. The molecule has 3 nitrogen and oxygen atoms in total. The Hall–Kier alpha value is -1.34. The van der Waals surface area contributed by atoms with Gasteiger partial charge in [-0.15, -0.1) is 0 Å². The molecular formula is C12H16N2OS. The van der Waals surface area contributed by atoms with E-state index in [9.17, 15) is 4.21 Å². The molecule has 0 aliphatic heterocycles. The minimum atomic E-state index is -0.741. The van der Waals surface area contributed by atoms with Crippen LogP contribution in [0.25, 0.3) is 0 Å². The summed E-state index contributed by atoms with van der Waals surface area (Å²) in [4.78, 5) is 0. The van der Waals surface area contributed by atoms with E-state index in [4.69, 9.17) is 5.26 Å². The first-order valence-corrected chi connectivity index (χ1v) is 6.91. The summed E-state index contributed by atoms with van der Waals surface area (Å²) in [6.45, 7) is 2.72. The van der Waals surface area contributed by atoms with Crippen molar-refractivity contribution >= 4 is 16.5 Å². The minimum absolute atomic E-state index is 0.664. The van der Waals surface area contributed by atoms with Gasteiger partial charge >= 0.3 is 0 Å². The Bertz CT molecular complexity index is 424. The summed E-state index contributed by atoms with van der Waals surface area (Å²) < 4.78 is 10.9. The van der Waals surface area contributed by atoms with Crippen molar-refractivity contribution in [3.05, 3.63) is 29.3 Å². The third kappa shape index (κ3) is 3.67. The quantitative estimate of drug-likeness (QED) is 0.796. The third-order valence-corrected chi connectivity index (χ3v) is 3.17. The number of para-hydroxylation sites is 1. The van der Waals surface area contributed by atoms with Crippen LogP contribution in [0.3, 0.4) is 0 Å². The van der Waals surface area contributed by atoms with Crippen molar-refractivity contribution in [2.45, 2.75) is 13.3 Å². The summed E-state index contributed by atoms with van der Waals surface area (Å²) in [6.07, 6.45) is 2.55. The van der Waals surface area contributed by atoms with E-state index in [2.05, 4.69) is 11.4 Å². The molecule has 0 aliphatic carbocycles. The number of aryl methyl sites for hydroxylation is 1. The molecule has 0 bridgehead atoms. The number of nitriles is 1. The normalized spacial score (nSPS) is 11.8. The smallest absolute Gasteiger partial charge is 0.101 e. The van der Waals surface area contributed by atoms with Crippen LogP contribution in [0.15, 0.2) is 18.2 Å². The SMILES string of the molecule is Cc1cccc(C#N)c1NCCCS(C)=O. The van der Waals surface area contributed by atoms with Gasteiger partial charge in [0.25, 0.3) is 0 Å². The van der Waals surface area contributed by atoms with Gasteiger partial charge in [0, 0.05) is 29.4 Å². The molecule has 0 saturated carbocycles. The largest absolute Gasteiger partial charge is 0.384 e. The van der Waals surface area contributed by atoms with E-state index in [1.54, 1.807) is 12.3 Å². The Kier molecular flexibility index (Phi) is 5.00. The lowest BCUT2D eigenvalue weighted by Gasteiger charge is -2.10. The van der Waals surface area contributed by atoms with Crippen molar-refractivity contribution in [2.75, 3.05) is 23.9 Å². The molecule has 0 fully saturated rings. The molecule has 1 aromatic rings. The van der Waals surface area contributed by atoms with E-state index in [0.717, 1.165) is 24.2 Å². The van der Waals surface area contributed by atoms with Gasteiger partial charge in [-0.05, 0) is 25.0 Å². The van der Waals surface area contributed by atoms with E-state index in [-0.39, 0.29) is 0 Å². The van der Waals surface area contributed by atoms with Gasteiger partial charge in [-0.25, -0.2) is 0 Å². The molecular weight excluding hydrogens is 220 g/mol. The predicted molar refractivity (Wildman–Crippen MR) is 67.9 cm³/mol. The molecule has 0 aromatic heterocycles. The molecule has 1 rings (SSSR count). The Balaban J connectivity index is 2.60. The van der Waals surface area contributed by atoms with Gasteiger partial charge in [0.15, 0.2) is 0 Å². The Morgan fingerprint density at radius 3 is 2.88 bits per heavy atom. The lowest BCUT2D eigenvalue weighted by atomic mass is 10.1. The van der Waals surface area contributed by atoms with Gasteiger partial charge in [0.2, 0.25) is 0 Å². The molecule has 1 N–H and O–H groups in total. The van der Waals surface area contributed by atoms with E-state index in [0.29, 0.717) is 11.3 Å². The average Bonchev–Trinajstić information content (AvgIpc) is 2.25. The fourth-order valence-electron chi connectivity index (χ4n) is 1.48. The minimum Gasteiger partial charge on any atom is -0.384 e. The number of nitrogens with zero attached hydrogens (tertiary/aromatic N) is 1. The van der Waals surface area contributed by atoms with Crippen molar-refractivity contribution < 1.29 is 4.21 Å². The first kappa shape index (κ1) is 12.7. The highest BCUT2D eigenvalue weighted by Crippen LogP contribution is 2.19. The van der Waals surface area contributed by atoms with Crippen LogP contribution >= 0.6 is 0 Å². The van der Waals surface area contributed by atoms with Gasteiger partial charge in [-0.2, -0.15) is 5.26 Å². The van der Waals surface area contributed by atoms with Crippen LogP contribution in [0.1, 0.15) is 17.5 Å². The zero-order chi connectivity index (χ0) is 12.0. The molecule has 0 saturated heterocycles. The van der Waals surface area contributed by atoms with Crippen LogP contribution in [0.4, 0.5) is 5.69 Å². The van der Waals surface area contributed by atoms with Gasteiger partial charge in [0.1, 0.15) is 6.07 Å². The maximum absolute atomic E-state index is 10.9. The van der Waals surface area contributed by atoms with Gasteiger partial charge < -0.3 is 5.32 Å². The first-order chi connectivity index (χ1) is 7.65. The van der Waals surface area contributed by atoms with Crippen molar-refractivity contribution in [1.82, 2.24) is 0 Å². The summed E-state index contributed by atoms with van der Waals surface area (Å²) >= 11 is 0. The molecule has 86 valence electrons. The van der Waals surface area contributed by atoms with Crippen molar-refractivity contribution in [3.8, 4) is 6.07 Å². The van der Waals surface area contributed by atoms with Crippen LogP contribution in [0.5, 0.6) is 0 Å². The Morgan fingerprint density at radius 2 is 2.25 bits per heavy atom. The number of anilines is 1. The van der Waals surface area contributed by atoms with Crippen molar-refractivity contribution in [2.24, 2.45) is 0 Å². The highest BCUT2D eigenvalue weighted by atomic mass is 32.2. The Labute approximate surface area is 98.9 Å². The second-order valence-corrected chi connectivity index (χ2v) is 5.22. The Morgan fingerprint density at radius 1 is 1.50 bits per heavy atom. The zero-order valence-corrected chi connectivity index (χ0v) is 10.4. The summed E-state index contributed by atoms with van der Waals surface area (Å²) in [5.74, 6) is 0.695. The monoisotopic (exact) mass is 236 g/mol. The molecule has 0 spiro atoms. The average molecular weight is 236 g/mol. The topological polar surface area (TPSA) is 52.9 Å². The molecule has 0 aliphatic rings. The van der Waals surface area contributed by atoms with Crippen LogP contribution in [0.2, 0.25) is 0 Å². The van der Waals surface area contributed by atoms with Gasteiger partial charge in [0.05, 0.1) is 11.3 Å². The van der Waals surface area contributed by atoms with E-state index < -0.39 is 10.8 Å². The zero-order valence-electron chi connectivity index (χ0n) is 9.62. The van der Waals surface area contributed by atoms with Crippen molar-refractivity contribution in [3.63, 3.8) is 0 Å². The fraction of sp³-hybridized carbons (Fsp3) is 0.417. The van der Waals surface area contributed by atoms with Crippen molar-refractivity contribution in [1.29, 1.82) is 5.26 Å². The molecule has 0 heterocycles. The van der Waals surface area contributed by atoms with Crippen LogP contribution in [0, 0.1) is 18.3 Å². The first-order valence-electron chi connectivity index (χ1n) is 5.18. The second-order valence-electron chi connectivity index (χ2n) is 3.67. The fourth-order valence-corrected chi connectivity index (χ4v) is 2.04. The summed E-state index contributed by atoms with van der Waals surface area (Å²) in [5.41, 5.74) is 2.63. The van der Waals surface area contributed by atoms with E-state index >= 15 is 0 Å². The van der Waals surface area contributed by atoms with Crippen LogP contribution in [-0.4, -0.2) is 22.8 Å². The van der Waals surface area contributed by atoms with E-state index in [1.807, 2.05) is 19.1 Å². The molecule has 1 aromatic carbocycles.